The molecule has 0 aliphatic rings. The van der Waals surface area contributed by atoms with Crippen LogP contribution in [0, 0.1) is 0 Å². The number of amides is 1. The third-order valence-corrected chi connectivity index (χ3v) is 2.70. The zero-order valence-electron chi connectivity index (χ0n) is 8.39. The van der Waals surface area contributed by atoms with Crippen LogP contribution in [0.4, 0.5) is 5.82 Å². The van der Waals surface area contributed by atoms with Gasteiger partial charge in [0.25, 0.3) is 5.91 Å². The van der Waals surface area contributed by atoms with Crippen molar-refractivity contribution < 1.29 is 4.79 Å². The lowest BCUT2D eigenvalue weighted by molar-refractivity contribution is 0.102. The predicted octanol–water partition coefficient (Wildman–Crippen LogP) is 2.65. The first kappa shape index (κ1) is 12.1. The zero-order chi connectivity index (χ0) is 12.3. The van der Waals surface area contributed by atoms with Gasteiger partial charge in [-0.3, -0.25) is 4.79 Å². The molecule has 0 aliphatic carbocycles. The van der Waals surface area contributed by atoms with E-state index < -0.39 is 0 Å². The molecule has 0 unspecified atom stereocenters. The highest BCUT2D eigenvalue weighted by Crippen LogP contribution is 2.10. The van der Waals surface area contributed by atoms with E-state index in [-0.39, 0.29) is 5.91 Å². The summed E-state index contributed by atoms with van der Waals surface area (Å²) in [5.41, 5.74) is 0.318. The second-order valence-corrected chi connectivity index (χ2v) is 4.77. The number of pyridine rings is 1. The second-order valence-electron chi connectivity index (χ2n) is 3.04. The van der Waals surface area contributed by atoms with E-state index in [1.807, 2.05) is 0 Å². The Labute approximate surface area is 114 Å². The maximum Gasteiger partial charge on any atom is 0.275 e. The summed E-state index contributed by atoms with van der Waals surface area (Å²) in [6, 6.07) is 3.36. The highest BCUT2D eigenvalue weighted by atomic mass is 79.9. The molecule has 2 aromatic rings. The molecule has 2 rings (SSSR count). The van der Waals surface area contributed by atoms with Gasteiger partial charge in [-0.1, -0.05) is 0 Å². The van der Waals surface area contributed by atoms with Crippen molar-refractivity contribution in [1.82, 2.24) is 15.0 Å². The first-order chi connectivity index (χ1) is 8.15. The molecule has 0 aromatic carbocycles. The van der Waals surface area contributed by atoms with Crippen LogP contribution in [0.1, 0.15) is 10.5 Å². The van der Waals surface area contributed by atoms with Crippen LogP contribution in [0.3, 0.4) is 0 Å². The standard InChI is InChI=1S/C10H6Br2N4O/c11-6-1-2-7(13-3-6)10(17)16-9-5-14-8(12)4-15-9/h1-5H,(H,15,16,17). The number of hydrogen-bond acceptors (Lipinski definition) is 4. The molecule has 0 spiro atoms. The SMILES string of the molecule is O=C(Nc1cnc(Br)cn1)c1ccc(Br)cn1. The summed E-state index contributed by atoms with van der Waals surface area (Å²) in [6.07, 6.45) is 4.52. The number of nitrogens with zero attached hydrogens (tertiary/aromatic N) is 3. The van der Waals surface area contributed by atoms with Crippen LogP contribution in [0.25, 0.3) is 0 Å². The Bertz CT molecular complexity index is 527. The summed E-state index contributed by atoms with van der Waals surface area (Å²) >= 11 is 6.41. The van der Waals surface area contributed by atoms with Crippen LogP contribution in [0.2, 0.25) is 0 Å². The van der Waals surface area contributed by atoms with Crippen molar-refractivity contribution in [3.63, 3.8) is 0 Å². The van der Waals surface area contributed by atoms with Gasteiger partial charge in [0.05, 0.1) is 12.4 Å². The molecular weight excluding hydrogens is 352 g/mol. The van der Waals surface area contributed by atoms with Crippen LogP contribution in [0.15, 0.2) is 39.8 Å². The quantitative estimate of drug-likeness (QED) is 0.897. The van der Waals surface area contributed by atoms with Crippen LogP contribution < -0.4 is 5.32 Å². The van der Waals surface area contributed by atoms with E-state index in [4.69, 9.17) is 0 Å². The Morgan fingerprint density at radius 1 is 1.06 bits per heavy atom. The second kappa shape index (κ2) is 5.33. The molecule has 0 radical (unpaired) electrons. The smallest absolute Gasteiger partial charge is 0.275 e. The molecule has 1 amide bonds. The minimum absolute atomic E-state index is 0.318. The van der Waals surface area contributed by atoms with E-state index in [1.165, 1.54) is 12.4 Å². The van der Waals surface area contributed by atoms with E-state index >= 15 is 0 Å². The number of hydrogen-bond donors (Lipinski definition) is 1. The molecule has 2 heterocycles. The summed E-state index contributed by atoms with van der Waals surface area (Å²) in [7, 11) is 0. The Balaban J connectivity index is 2.11. The largest absolute Gasteiger partial charge is 0.304 e. The van der Waals surface area contributed by atoms with Crippen molar-refractivity contribution in [3.8, 4) is 0 Å². The minimum atomic E-state index is -0.325. The molecular formula is C10H6Br2N4O. The summed E-state index contributed by atoms with van der Waals surface area (Å²) in [5.74, 6) is 0.0528. The van der Waals surface area contributed by atoms with Crippen LogP contribution in [-0.2, 0) is 0 Å². The van der Waals surface area contributed by atoms with Crippen molar-refractivity contribution in [2.75, 3.05) is 5.32 Å². The molecule has 17 heavy (non-hydrogen) atoms. The lowest BCUT2D eigenvalue weighted by Crippen LogP contribution is -2.14. The molecule has 0 aliphatic heterocycles. The third-order valence-electron chi connectivity index (χ3n) is 1.82. The van der Waals surface area contributed by atoms with Crippen LogP contribution in [0.5, 0.6) is 0 Å². The van der Waals surface area contributed by atoms with Crippen molar-refractivity contribution in [3.05, 3.63) is 45.5 Å². The molecule has 1 N–H and O–H groups in total. The van der Waals surface area contributed by atoms with Crippen LogP contribution >= 0.6 is 31.9 Å². The molecule has 0 bridgehead atoms. The average molecular weight is 358 g/mol. The number of anilines is 1. The van der Waals surface area contributed by atoms with Crippen molar-refractivity contribution in [1.29, 1.82) is 0 Å². The first-order valence-corrected chi connectivity index (χ1v) is 6.14. The van der Waals surface area contributed by atoms with Crippen LogP contribution in [-0.4, -0.2) is 20.9 Å². The zero-order valence-corrected chi connectivity index (χ0v) is 11.6. The Morgan fingerprint density at radius 2 is 1.88 bits per heavy atom. The van der Waals surface area contributed by atoms with Gasteiger partial charge >= 0.3 is 0 Å². The summed E-state index contributed by atoms with van der Waals surface area (Å²) < 4.78 is 1.43. The molecule has 0 fully saturated rings. The Hall–Kier alpha value is -1.34. The highest BCUT2D eigenvalue weighted by Gasteiger charge is 2.08. The predicted molar refractivity (Wildman–Crippen MR) is 69.6 cm³/mol. The lowest BCUT2D eigenvalue weighted by Gasteiger charge is -2.03. The van der Waals surface area contributed by atoms with Gasteiger partial charge in [-0.15, -0.1) is 0 Å². The number of halogens is 2. The third kappa shape index (κ3) is 3.31. The van der Waals surface area contributed by atoms with E-state index in [0.29, 0.717) is 16.1 Å². The molecule has 0 atom stereocenters. The fourth-order valence-electron chi connectivity index (χ4n) is 1.07. The maximum atomic E-state index is 11.7. The topological polar surface area (TPSA) is 67.8 Å². The number of aromatic nitrogens is 3. The van der Waals surface area contributed by atoms with E-state index in [0.717, 1.165) is 4.47 Å². The highest BCUT2D eigenvalue weighted by molar-refractivity contribution is 9.10. The normalized spacial score (nSPS) is 10.0. The fourth-order valence-corrected chi connectivity index (χ4v) is 1.51. The van der Waals surface area contributed by atoms with Gasteiger partial charge in [0.15, 0.2) is 5.82 Å². The Morgan fingerprint density at radius 3 is 2.47 bits per heavy atom. The van der Waals surface area contributed by atoms with Crippen molar-refractivity contribution in [2.45, 2.75) is 0 Å². The summed E-state index contributed by atoms with van der Waals surface area (Å²) in [5, 5.41) is 2.59. The minimum Gasteiger partial charge on any atom is -0.304 e. The van der Waals surface area contributed by atoms with Gasteiger partial charge < -0.3 is 5.32 Å². The maximum absolute atomic E-state index is 11.7. The number of carbonyl (C=O) groups is 1. The number of nitrogens with one attached hydrogen (secondary N) is 1. The van der Waals surface area contributed by atoms with Crippen molar-refractivity contribution >= 4 is 43.6 Å². The molecule has 86 valence electrons. The van der Waals surface area contributed by atoms with Crippen molar-refractivity contribution in [2.24, 2.45) is 0 Å². The van der Waals surface area contributed by atoms with E-state index in [2.05, 4.69) is 52.1 Å². The fraction of sp³-hybridized carbons (Fsp3) is 0. The monoisotopic (exact) mass is 356 g/mol. The number of carbonyl (C=O) groups excluding carboxylic acids is 1. The van der Waals surface area contributed by atoms with Gasteiger partial charge in [0.2, 0.25) is 0 Å². The molecule has 7 heteroatoms. The first-order valence-electron chi connectivity index (χ1n) is 4.55. The summed E-state index contributed by atoms with van der Waals surface area (Å²) in [6.45, 7) is 0. The summed E-state index contributed by atoms with van der Waals surface area (Å²) in [4.78, 5) is 23.7. The molecule has 2 aromatic heterocycles. The average Bonchev–Trinajstić information content (AvgIpc) is 2.33. The van der Waals surface area contributed by atoms with E-state index in [1.54, 1.807) is 18.3 Å². The Kier molecular flexibility index (Phi) is 3.80. The van der Waals surface area contributed by atoms with Gasteiger partial charge in [-0.25, -0.2) is 15.0 Å². The molecule has 5 nitrogen and oxygen atoms in total. The molecule has 0 saturated heterocycles. The van der Waals surface area contributed by atoms with Gasteiger partial charge in [-0.05, 0) is 44.0 Å². The number of rotatable bonds is 2. The van der Waals surface area contributed by atoms with Gasteiger partial charge in [0.1, 0.15) is 10.3 Å². The van der Waals surface area contributed by atoms with E-state index in [9.17, 15) is 4.79 Å². The van der Waals surface area contributed by atoms with Gasteiger partial charge in [0, 0.05) is 10.7 Å². The lowest BCUT2D eigenvalue weighted by atomic mass is 10.3. The molecule has 0 saturated carbocycles. The van der Waals surface area contributed by atoms with Gasteiger partial charge in [-0.2, -0.15) is 0 Å².